The van der Waals surface area contributed by atoms with E-state index in [1.807, 2.05) is 45.0 Å². The minimum Gasteiger partial charge on any atom is -0.477 e. The molecule has 0 atom stereocenters. The van der Waals surface area contributed by atoms with Crippen molar-refractivity contribution in [3.63, 3.8) is 0 Å². The number of aromatic amines is 1. The Morgan fingerprint density at radius 3 is 2.72 bits per heavy atom. The Morgan fingerprint density at radius 1 is 1.16 bits per heavy atom. The third-order valence-corrected chi connectivity index (χ3v) is 4.47. The van der Waals surface area contributed by atoms with Crippen molar-refractivity contribution in [2.24, 2.45) is 0 Å². The maximum atomic E-state index is 11.1. The molecule has 0 aliphatic heterocycles. The fraction of sp³-hybridized carbons (Fsp3) is 0.211. The molecule has 0 bridgehead atoms. The SMILES string of the molecule is Cc1cc(C)c2nc(C)n(Cc3ccc4[nH]c(C(=O)O)cc4c3)c2n1. The van der Waals surface area contributed by atoms with Gasteiger partial charge in [0.2, 0.25) is 0 Å². The molecule has 3 heterocycles. The van der Waals surface area contributed by atoms with Crippen LogP contribution in [0.1, 0.15) is 33.1 Å². The third-order valence-electron chi connectivity index (χ3n) is 4.47. The van der Waals surface area contributed by atoms with Gasteiger partial charge in [-0.1, -0.05) is 6.07 Å². The first kappa shape index (κ1) is 15.4. The molecule has 3 aromatic heterocycles. The molecular weight excluding hydrogens is 316 g/mol. The number of aromatic carboxylic acids is 1. The molecule has 0 fully saturated rings. The molecule has 4 rings (SSSR count). The van der Waals surface area contributed by atoms with Gasteiger partial charge < -0.3 is 14.7 Å². The molecule has 0 aliphatic carbocycles. The van der Waals surface area contributed by atoms with E-state index >= 15 is 0 Å². The number of aromatic nitrogens is 4. The van der Waals surface area contributed by atoms with Gasteiger partial charge in [0, 0.05) is 16.6 Å². The lowest BCUT2D eigenvalue weighted by molar-refractivity contribution is 0.0691. The average molecular weight is 334 g/mol. The van der Waals surface area contributed by atoms with Crippen LogP contribution in [0, 0.1) is 20.8 Å². The van der Waals surface area contributed by atoms with Crippen LogP contribution in [0.25, 0.3) is 22.1 Å². The molecule has 4 aromatic rings. The van der Waals surface area contributed by atoms with Crippen molar-refractivity contribution in [2.45, 2.75) is 27.3 Å². The highest BCUT2D eigenvalue weighted by Crippen LogP contribution is 2.22. The number of carboxylic acids is 1. The van der Waals surface area contributed by atoms with Crippen LogP contribution in [0.3, 0.4) is 0 Å². The Balaban J connectivity index is 1.79. The zero-order valence-corrected chi connectivity index (χ0v) is 14.3. The van der Waals surface area contributed by atoms with Crippen molar-refractivity contribution < 1.29 is 9.90 Å². The van der Waals surface area contributed by atoms with Gasteiger partial charge in [0.15, 0.2) is 5.65 Å². The Bertz CT molecular complexity index is 1140. The summed E-state index contributed by atoms with van der Waals surface area (Å²) in [7, 11) is 0. The van der Waals surface area contributed by atoms with Crippen molar-refractivity contribution in [1.82, 2.24) is 19.5 Å². The lowest BCUT2D eigenvalue weighted by Crippen LogP contribution is -2.03. The molecule has 0 unspecified atom stereocenters. The van der Waals surface area contributed by atoms with Crippen LogP contribution in [-0.2, 0) is 6.54 Å². The highest BCUT2D eigenvalue weighted by molar-refractivity contribution is 5.93. The van der Waals surface area contributed by atoms with E-state index < -0.39 is 5.97 Å². The quantitative estimate of drug-likeness (QED) is 0.600. The smallest absolute Gasteiger partial charge is 0.352 e. The first-order valence-corrected chi connectivity index (χ1v) is 8.08. The molecule has 0 aliphatic rings. The summed E-state index contributed by atoms with van der Waals surface area (Å²) in [6, 6.07) is 9.62. The molecule has 25 heavy (non-hydrogen) atoms. The molecule has 0 saturated heterocycles. The number of nitrogens with one attached hydrogen (secondary N) is 1. The van der Waals surface area contributed by atoms with Crippen molar-refractivity contribution in [3.05, 3.63) is 58.7 Å². The second kappa shape index (κ2) is 5.44. The van der Waals surface area contributed by atoms with Gasteiger partial charge in [-0.25, -0.2) is 14.8 Å². The fourth-order valence-electron chi connectivity index (χ4n) is 3.28. The lowest BCUT2D eigenvalue weighted by Gasteiger charge is -2.07. The average Bonchev–Trinajstić information content (AvgIpc) is 3.10. The minimum atomic E-state index is -0.954. The van der Waals surface area contributed by atoms with Crippen molar-refractivity contribution in [1.29, 1.82) is 0 Å². The zero-order valence-electron chi connectivity index (χ0n) is 14.3. The van der Waals surface area contributed by atoms with E-state index in [2.05, 4.69) is 19.5 Å². The summed E-state index contributed by atoms with van der Waals surface area (Å²) < 4.78 is 2.10. The first-order chi connectivity index (χ1) is 11.9. The number of hydrogen-bond donors (Lipinski definition) is 2. The van der Waals surface area contributed by atoms with Crippen LogP contribution >= 0.6 is 0 Å². The van der Waals surface area contributed by atoms with Gasteiger partial charge in [-0.15, -0.1) is 0 Å². The molecule has 0 amide bonds. The van der Waals surface area contributed by atoms with E-state index in [0.29, 0.717) is 6.54 Å². The van der Waals surface area contributed by atoms with Crippen molar-refractivity contribution >= 4 is 28.0 Å². The highest BCUT2D eigenvalue weighted by Gasteiger charge is 2.13. The monoisotopic (exact) mass is 334 g/mol. The lowest BCUT2D eigenvalue weighted by atomic mass is 10.1. The molecule has 1 aromatic carbocycles. The molecule has 0 saturated carbocycles. The summed E-state index contributed by atoms with van der Waals surface area (Å²) >= 11 is 0. The number of nitrogens with zero attached hydrogens (tertiary/aromatic N) is 3. The Morgan fingerprint density at radius 2 is 1.96 bits per heavy atom. The number of hydrogen-bond acceptors (Lipinski definition) is 3. The number of H-pyrrole nitrogens is 1. The van der Waals surface area contributed by atoms with E-state index in [1.54, 1.807) is 6.07 Å². The largest absolute Gasteiger partial charge is 0.477 e. The van der Waals surface area contributed by atoms with E-state index in [1.165, 1.54) is 0 Å². The van der Waals surface area contributed by atoms with Crippen LogP contribution in [0.2, 0.25) is 0 Å². The van der Waals surface area contributed by atoms with Gasteiger partial charge in [-0.3, -0.25) is 0 Å². The summed E-state index contributed by atoms with van der Waals surface area (Å²) in [5, 5.41) is 10.0. The van der Waals surface area contributed by atoms with Gasteiger partial charge in [0.05, 0.1) is 6.54 Å². The third kappa shape index (κ3) is 2.55. The van der Waals surface area contributed by atoms with Gasteiger partial charge in [-0.2, -0.15) is 0 Å². The van der Waals surface area contributed by atoms with Crippen LogP contribution < -0.4 is 0 Å². The number of carbonyl (C=O) groups is 1. The fourth-order valence-corrected chi connectivity index (χ4v) is 3.28. The number of rotatable bonds is 3. The number of imidazole rings is 1. The van der Waals surface area contributed by atoms with E-state index in [4.69, 9.17) is 5.11 Å². The van der Waals surface area contributed by atoms with Gasteiger partial charge in [-0.05, 0) is 56.2 Å². The molecular formula is C19H18N4O2. The second-order valence-electron chi connectivity index (χ2n) is 6.41. The molecule has 6 heteroatoms. The number of aryl methyl sites for hydroxylation is 3. The number of benzene rings is 1. The van der Waals surface area contributed by atoms with E-state index in [9.17, 15) is 4.79 Å². The Kier molecular flexibility index (Phi) is 3.35. The van der Waals surface area contributed by atoms with Crippen LogP contribution in [0.5, 0.6) is 0 Å². The molecule has 0 radical (unpaired) electrons. The summed E-state index contributed by atoms with van der Waals surface area (Å²) in [6.07, 6.45) is 0. The first-order valence-electron chi connectivity index (χ1n) is 8.08. The van der Waals surface area contributed by atoms with Crippen LogP contribution in [0.15, 0.2) is 30.3 Å². The number of carboxylic acid groups (broad SMARTS) is 1. The predicted octanol–water partition coefficient (Wildman–Crippen LogP) is 3.58. The summed E-state index contributed by atoms with van der Waals surface area (Å²) in [5.74, 6) is -0.0408. The summed E-state index contributed by atoms with van der Waals surface area (Å²) in [4.78, 5) is 23.3. The molecule has 0 spiro atoms. The van der Waals surface area contributed by atoms with Crippen molar-refractivity contribution in [3.8, 4) is 0 Å². The van der Waals surface area contributed by atoms with Gasteiger partial charge in [0.1, 0.15) is 17.0 Å². The highest BCUT2D eigenvalue weighted by atomic mass is 16.4. The second-order valence-corrected chi connectivity index (χ2v) is 6.41. The van der Waals surface area contributed by atoms with Crippen molar-refractivity contribution in [2.75, 3.05) is 0 Å². The standard InChI is InChI=1S/C19H18N4O2/c1-10-6-11(2)20-18-17(10)21-12(3)23(18)9-13-4-5-15-14(7-13)8-16(22-15)19(24)25/h4-8,22H,9H2,1-3H3,(H,24,25). The molecule has 2 N–H and O–H groups in total. The molecule has 6 nitrogen and oxygen atoms in total. The van der Waals surface area contributed by atoms with Crippen LogP contribution in [0.4, 0.5) is 0 Å². The Hall–Kier alpha value is -3.15. The maximum Gasteiger partial charge on any atom is 0.352 e. The number of pyridine rings is 1. The normalized spacial score (nSPS) is 11.5. The van der Waals surface area contributed by atoms with Gasteiger partial charge in [0.25, 0.3) is 0 Å². The van der Waals surface area contributed by atoms with E-state index in [-0.39, 0.29) is 5.69 Å². The number of fused-ring (bicyclic) bond motifs is 2. The summed E-state index contributed by atoms with van der Waals surface area (Å²) in [6.45, 7) is 6.65. The van der Waals surface area contributed by atoms with Crippen LogP contribution in [-0.4, -0.2) is 30.6 Å². The minimum absolute atomic E-state index is 0.198. The van der Waals surface area contributed by atoms with E-state index in [0.717, 1.165) is 44.7 Å². The topological polar surface area (TPSA) is 83.8 Å². The zero-order chi connectivity index (χ0) is 17.7. The predicted molar refractivity (Wildman–Crippen MR) is 96.1 cm³/mol. The summed E-state index contributed by atoms with van der Waals surface area (Å²) in [5.41, 5.74) is 6.00. The van der Waals surface area contributed by atoms with Gasteiger partial charge >= 0.3 is 5.97 Å². The Labute approximate surface area is 144 Å². The maximum absolute atomic E-state index is 11.1. The molecule has 126 valence electrons.